The van der Waals surface area contributed by atoms with Crippen molar-refractivity contribution >= 4 is 17.5 Å². The molecule has 1 atom stereocenters. The molecule has 1 N–H and O–H groups in total. The summed E-state index contributed by atoms with van der Waals surface area (Å²) in [4.78, 5) is 25.1. The molecule has 2 aliphatic rings. The largest absolute Gasteiger partial charge is 0.373 e. The first kappa shape index (κ1) is 13.1. The molecule has 6 heteroatoms. The average molecular weight is 275 g/mol. The summed E-state index contributed by atoms with van der Waals surface area (Å²) in [5.74, 6) is 2.97. The van der Waals surface area contributed by atoms with Crippen LogP contribution in [0.1, 0.15) is 24.2 Å². The molecule has 1 unspecified atom stereocenters. The SMILES string of the molecule is CNc1nc(C)nc(N2CCN3C(=O)CCC3C2)c1C. The van der Waals surface area contributed by atoms with E-state index in [0.29, 0.717) is 18.4 Å². The molecule has 1 amide bonds. The number of aromatic nitrogens is 2. The fourth-order valence-electron chi connectivity index (χ4n) is 3.22. The zero-order chi connectivity index (χ0) is 14.3. The van der Waals surface area contributed by atoms with Gasteiger partial charge in [0.2, 0.25) is 5.91 Å². The van der Waals surface area contributed by atoms with Gasteiger partial charge in [-0.25, -0.2) is 9.97 Å². The first-order valence-electron chi connectivity index (χ1n) is 7.17. The summed E-state index contributed by atoms with van der Waals surface area (Å²) in [6, 6.07) is 0.351. The first-order valence-corrected chi connectivity index (χ1v) is 7.17. The summed E-state index contributed by atoms with van der Waals surface area (Å²) in [5.41, 5.74) is 1.08. The van der Waals surface area contributed by atoms with Crippen molar-refractivity contribution in [1.29, 1.82) is 0 Å². The zero-order valence-corrected chi connectivity index (χ0v) is 12.3. The van der Waals surface area contributed by atoms with Gasteiger partial charge in [-0.3, -0.25) is 4.79 Å². The lowest BCUT2D eigenvalue weighted by Gasteiger charge is -2.38. The summed E-state index contributed by atoms with van der Waals surface area (Å²) < 4.78 is 0. The minimum atomic E-state index is 0.307. The molecular formula is C14H21N5O. The van der Waals surface area contributed by atoms with E-state index >= 15 is 0 Å². The molecule has 0 spiro atoms. The number of anilines is 2. The van der Waals surface area contributed by atoms with Crippen molar-refractivity contribution in [2.45, 2.75) is 32.7 Å². The molecule has 3 rings (SSSR count). The van der Waals surface area contributed by atoms with Gasteiger partial charge in [0, 0.05) is 44.7 Å². The van der Waals surface area contributed by atoms with Gasteiger partial charge in [-0.15, -0.1) is 0 Å². The Labute approximate surface area is 119 Å². The number of fused-ring (bicyclic) bond motifs is 1. The van der Waals surface area contributed by atoms with E-state index in [1.165, 1.54) is 0 Å². The van der Waals surface area contributed by atoms with Gasteiger partial charge in [0.15, 0.2) is 0 Å². The highest BCUT2D eigenvalue weighted by Crippen LogP contribution is 2.29. The van der Waals surface area contributed by atoms with Gasteiger partial charge in [-0.05, 0) is 20.3 Å². The molecule has 2 saturated heterocycles. The molecule has 1 aromatic rings. The summed E-state index contributed by atoms with van der Waals surface area (Å²) in [7, 11) is 1.88. The molecule has 2 fully saturated rings. The number of rotatable bonds is 2. The third-order valence-corrected chi connectivity index (χ3v) is 4.26. The Morgan fingerprint density at radius 3 is 2.80 bits per heavy atom. The highest BCUT2D eigenvalue weighted by atomic mass is 16.2. The lowest BCUT2D eigenvalue weighted by Crippen LogP contribution is -2.52. The smallest absolute Gasteiger partial charge is 0.223 e. The number of hydrogen-bond acceptors (Lipinski definition) is 5. The fraction of sp³-hybridized carbons (Fsp3) is 0.643. The van der Waals surface area contributed by atoms with Crippen molar-refractivity contribution in [2.24, 2.45) is 0 Å². The molecule has 1 aromatic heterocycles. The van der Waals surface area contributed by atoms with Crippen molar-refractivity contribution in [1.82, 2.24) is 14.9 Å². The summed E-state index contributed by atoms with van der Waals surface area (Å²) in [6.07, 6.45) is 1.67. The van der Waals surface area contributed by atoms with Gasteiger partial charge in [-0.2, -0.15) is 0 Å². The Kier molecular flexibility index (Phi) is 3.23. The topological polar surface area (TPSA) is 61.4 Å². The van der Waals surface area contributed by atoms with Crippen molar-refractivity contribution < 1.29 is 4.79 Å². The number of piperazine rings is 1. The molecule has 20 heavy (non-hydrogen) atoms. The lowest BCUT2D eigenvalue weighted by atomic mass is 10.1. The van der Waals surface area contributed by atoms with Crippen molar-refractivity contribution in [3.05, 3.63) is 11.4 Å². The van der Waals surface area contributed by atoms with Crippen LogP contribution in [-0.4, -0.2) is 53.5 Å². The molecule has 0 aliphatic carbocycles. The van der Waals surface area contributed by atoms with Crippen LogP contribution in [0, 0.1) is 13.8 Å². The van der Waals surface area contributed by atoms with Crippen molar-refractivity contribution in [3.8, 4) is 0 Å². The zero-order valence-electron chi connectivity index (χ0n) is 12.3. The Morgan fingerprint density at radius 1 is 1.25 bits per heavy atom. The van der Waals surface area contributed by atoms with Crippen molar-refractivity contribution in [3.63, 3.8) is 0 Å². The minimum absolute atomic E-state index is 0.307. The number of nitrogens with one attached hydrogen (secondary N) is 1. The van der Waals surface area contributed by atoms with E-state index in [2.05, 4.69) is 20.2 Å². The first-order chi connectivity index (χ1) is 9.60. The second-order valence-corrected chi connectivity index (χ2v) is 5.54. The molecule has 0 aromatic carbocycles. The lowest BCUT2D eigenvalue weighted by molar-refractivity contribution is -0.129. The maximum Gasteiger partial charge on any atom is 0.223 e. The highest BCUT2D eigenvalue weighted by molar-refractivity contribution is 5.79. The number of amides is 1. The quantitative estimate of drug-likeness (QED) is 0.870. The molecule has 0 saturated carbocycles. The number of carbonyl (C=O) groups is 1. The van der Waals surface area contributed by atoms with Crippen LogP contribution in [0.15, 0.2) is 0 Å². The van der Waals surface area contributed by atoms with Crippen LogP contribution in [0.5, 0.6) is 0 Å². The van der Waals surface area contributed by atoms with E-state index < -0.39 is 0 Å². The summed E-state index contributed by atoms with van der Waals surface area (Å²) >= 11 is 0. The highest BCUT2D eigenvalue weighted by Gasteiger charge is 2.36. The van der Waals surface area contributed by atoms with Crippen LogP contribution in [0.3, 0.4) is 0 Å². The summed E-state index contributed by atoms with van der Waals surface area (Å²) in [6.45, 7) is 6.50. The van der Waals surface area contributed by atoms with Crippen LogP contribution in [0.2, 0.25) is 0 Å². The Balaban J connectivity index is 1.87. The van der Waals surface area contributed by atoms with Crippen LogP contribution in [-0.2, 0) is 4.79 Å². The van der Waals surface area contributed by atoms with Crippen LogP contribution >= 0.6 is 0 Å². The summed E-state index contributed by atoms with van der Waals surface area (Å²) in [5, 5.41) is 3.13. The molecule has 2 aliphatic heterocycles. The fourth-order valence-corrected chi connectivity index (χ4v) is 3.22. The van der Waals surface area contributed by atoms with Crippen LogP contribution in [0.4, 0.5) is 11.6 Å². The molecule has 0 radical (unpaired) electrons. The predicted octanol–water partition coefficient (Wildman–Crippen LogP) is 0.946. The van der Waals surface area contributed by atoms with E-state index in [1.807, 2.05) is 25.8 Å². The van der Waals surface area contributed by atoms with Gasteiger partial charge in [-0.1, -0.05) is 0 Å². The number of aryl methyl sites for hydroxylation is 1. The maximum absolute atomic E-state index is 11.7. The normalized spacial score (nSPS) is 22.1. The van der Waals surface area contributed by atoms with Gasteiger partial charge < -0.3 is 15.1 Å². The van der Waals surface area contributed by atoms with Crippen LogP contribution < -0.4 is 10.2 Å². The van der Waals surface area contributed by atoms with E-state index in [9.17, 15) is 4.79 Å². The molecule has 0 bridgehead atoms. The van der Waals surface area contributed by atoms with E-state index in [4.69, 9.17) is 0 Å². The van der Waals surface area contributed by atoms with Gasteiger partial charge >= 0.3 is 0 Å². The monoisotopic (exact) mass is 275 g/mol. The standard InChI is InChI=1S/C14H21N5O/c1-9-13(15-3)16-10(2)17-14(9)18-6-7-19-11(8-18)4-5-12(19)20/h11H,4-8H2,1-3H3,(H,15,16,17). The van der Waals surface area contributed by atoms with Crippen molar-refractivity contribution in [2.75, 3.05) is 36.9 Å². The maximum atomic E-state index is 11.7. The Hall–Kier alpha value is -1.85. The molecule has 108 valence electrons. The number of nitrogens with zero attached hydrogens (tertiary/aromatic N) is 4. The second-order valence-electron chi connectivity index (χ2n) is 5.54. The van der Waals surface area contributed by atoms with Gasteiger partial charge in [0.1, 0.15) is 17.5 Å². The Bertz CT molecular complexity index is 545. The average Bonchev–Trinajstić information content (AvgIpc) is 2.82. The Morgan fingerprint density at radius 2 is 2.05 bits per heavy atom. The molecule has 6 nitrogen and oxygen atoms in total. The third kappa shape index (κ3) is 2.09. The van der Waals surface area contributed by atoms with E-state index in [-0.39, 0.29) is 0 Å². The number of hydrogen-bond donors (Lipinski definition) is 1. The van der Waals surface area contributed by atoms with Gasteiger partial charge in [0.25, 0.3) is 0 Å². The minimum Gasteiger partial charge on any atom is -0.373 e. The number of carbonyl (C=O) groups excluding carboxylic acids is 1. The molecule has 3 heterocycles. The van der Waals surface area contributed by atoms with E-state index in [0.717, 1.165) is 49.1 Å². The van der Waals surface area contributed by atoms with Gasteiger partial charge in [0.05, 0.1) is 0 Å². The predicted molar refractivity (Wildman–Crippen MR) is 78.0 cm³/mol. The van der Waals surface area contributed by atoms with E-state index in [1.54, 1.807) is 0 Å². The second kappa shape index (κ2) is 4.92. The third-order valence-electron chi connectivity index (χ3n) is 4.26. The molecular weight excluding hydrogens is 254 g/mol. The van der Waals surface area contributed by atoms with Crippen LogP contribution in [0.25, 0.3) is 0 Å².